The third-order valence-electron chi connectivity index (χ3n) is 6.70. The molecule has 1 aliphatic carbocycles. The van der Waals surface area contributed by atoms with Crippen LogP contribution < -0.4 is 5.32 Å². The van der Waals surface area contributed by atoms with Crippen molar-refractivity contribution in [3.05, 3.63) is 47.3 Å². The van der Waals surface area contributed by atoms with Crippen molar-refractivity contribution >= 4 is 22.9 Å². The second kappa shape index (κ2) is 9.56. The molecule has 0 spiro atoms. The van der Waals surface area contributed by atoms with Gasteiger partial charge in [-0.15, -0.1) is 0 Å². The van der Waals surface area contributed by atoms with Crippen LogP contribution >= 0.6 is 0 Å². The Bertz CT molecular complexity index is 1230. The lowest BCUT2D eigenvalue weighted by molar-refractivity contribution is -0.0136. The fourth-order valence-electron chi connectivity index (χ4n) is 4.74. The highest BCUT2D eigenvalue weighted by atomic mass is 16.5. The Kier molecular flexibility index (Phi) is 6.48. The molecule has 3 aromatic rings. The average Bonchev–Trinajstić information content (AvgIpc) is 3.60. The average molecular weight is 479 g/mol. The largest absolute Gasteiger partial charge is 0.389 e. The Balaban J connectivity index is 1.61. The van der Waals surface area contributed by atoms with E-state index in [0.29, 0.717) is 42.8 Å². The number of aromatic nitrogens is 3. The Morgan fingerprint density at radius 2 is 2.00 bits per heavy atom. The lowest BCUT2D eigenvalue weighted by Crippen LogP contribution is -2.42. The first kappa shape index (κ1) is 23.7. The number of nitrogens with one attached hydrogen (secondary N) is 1. The van der Waals surface area contributed by atoms with E-state index in [1.807, 2.05) is 10.6 Å². The molecule has 2 aromatic heterocycles. The topological polar surface area (TPSA) is 95.8 Å². The van der Waals surface area contributed by atoms with Gasteiger partial charge in [0.2, 0.25) is 5.95 Å². The maximum atomic E-state index is 13.2. The number of nitrogens with zero attached hydrogens (tertiary/aromatic N) is 5. The van der Waals surface area contributed by atoms with Gasteiger partial charge in [-0.05, 0) is 68.6 Å². The molecule has 9 heteroatoms. The monoisotopic (exact) mass is 478 g/mol. The van der Waals surface area contributed by atoms with Crippen LogP contribution in [0, 0.1) is 0 Å². The molecular weight excluding hydrogens is 444 g/mol. The van der Waals surface area contributed by atoms with E-state index >= 15 is 0 Å². The number of hydrogen-bond acceptors (Lipinski definition) is 7. The molecule has 186 valence electrons. The van der Waals surface area contributed by atoms with E-state index in [9.17, 15) is 9.90 Å². The summed E-state index contributed by atoms with van der Waals surface area (Å²) >= 11 is 0. The van der Waals surface area contributed by atoms with Gasteiger partial charge in [-0.3, -0.25) is 9.36 Å². The van der Waals surface area contributed by atoms with Crippen molar-refractivity contribution in [1.29, 1.82) is 0 Å². The van der Waals surface area contributed by atoms with Crippen LogP contribution in [-0.2, 0) is 11.3 Å². The smallest absolute Gasteiger partial charge is 0.270 e. The van der Waals surface area contributed by atoms with E-state index in [1.165, 1.54) is 24.0 Å². The summed E-state index contributed by atoms with van der Waals surface area (Å²) in [6.45, 7) is 1.75. The van der Waals surface area contributed by atoms with Crippen LogP contribution in [0.1, 0.15) is 46.8 Å². The van der Waals surface area contributed by atoms with Crippen molar-refractivity contribution in [3.8, 4) is 5.69 Å². The molecule has 0 unspecified atom stereocenters. The molecule has 1 amide bonds. The molecule has 2 atom stereocenters. The van der Waals surface area contributed by atoms with Crippen LogP contribution in [0.2, 0.25) is 0 Å². The third-order valence-corrected chi connectivity index (χ3v) is 6.70. The van der Waals surface area contributed by atoms with Gasteiger partial charge in [0.25, 0.3) is 5.91 Å². The fraction of sp³-hybridized carbons (Fsp3) is 0.500. The van der Waals surface area contributed by atoms with Gasteiger partial charge in [0.15, 0.2) is 5.65 Å². The lowest BCUT2D eigenvalue weighted by Gasteiger charge is -2.28. The Morgan fingerprint density at radius 1 is 1.20 bits per heavy atom. The molecule has 2 fully saturated rings. The summed E-state index contributed by atoms with van der Waals surface area (Å²) in [4.78, 5) is 26.2. The van der Waals surface area contributed by atoms with E-state index in [0.717, 1.165) is 17.6 Å². The highest BCUT2D eigenvalue weighted by Crippen LogP contribution is 2.43. The summed E-state index contributed by atoms with van der Waals surface area (Å²) in [5, 5.41) is 14.3. The SMILES string of the molecule is CN(C)Cc1ccc(-n2c(C(=O)N(C)C)cc3cnc(N[C@@H]4CCOC[C@H]4O)nc32)cc1C1CC1. The lowest BCUT2D eigenvalue weighted by atomic mass is 10.0. The summed E-state index contributed by atoms with van der Waals surface area (Å²) in [6, 6.07) is 8.15. The maximum Gasteiger partial charge on any atom is 0.270 e. The van der Waals surface area contributed by atoms with Crippen molar-refractivity contribution in [2.24, 2.45) is 0 Å². The van der Waals surface area contributed by atoms with Crippen LogP contribution in [0.3, 0.4) is 0 Å². The highest BCUT2D eigenvalue weighted by Gasteiger charge is 2.28. The Hall–Kier alpha value is -3.01. The van der Waals surface area contributed by atoms with Gasteiger partial charge in [0.1, 0.15) is 5.69 Å². The van der Waals surface area contributed by atoms with Gasteiger partial charge in [-0.1, -0.05) is 6.07 Å². The van der Waals surface area contributed by atoms with Crippen LogP contribution in [0.5, 0.6) is 0 Å². The standard InChI is InChI=1S/C26H34N6O3/c1-30(2)14-17-7-8-19(12-20(17)16-5-6-16)32-22(25(34)31(3)4)11-18-13-27-26(29-24(18)32)28-21-9-10-35-15-23(21)33/h7-8,11-13,16,21,23,33H,5-6,9-10,14-15H2,1-4H3,(H,27,28,29)/t21-,23-/m1/s1. The predicted molar refractivity (Wildman–Crippen MR) is 135 cm³/mol. The number of aliphatic hydroxyl groups excluding tert-OH is 1. The zero-order valence-corrected chi connectivity index (χ0v) is 20.9. The molecule has 3 heterocycles. The van der Waals surface area contributed by atoms with Crippen molar-refractivity contribution in [2.75, 3.05) is 46.7 Å². The Morgan fingerprint density at radius 3 is 2.69 bits per heavy atom. The number of anilines is 1. The fourth-order valence-corrected chi connectivity index (χ4v) is 4.74. The molecule has 0 radical (unpaired) electrons. The normalized spacial score (nSPS) is 20.4. The summed E-state index contributed by atoms with van der Waals surface area (Å²) in [6.07, 6.45) is 4.19. The number of carbonyl (C=O) groups excluding carboxylic acids is 1. The molecule has 2 N–H and O–H groups in total. The highest BCUT2D eigenvalue weighted by molar-refractivity contribution is 5.99. The number of hydrogen-bond donors (Lipinski definition) is 2. The molecule has 35 heavy (non-hydrogen) atoms. The molecule has 0 bridgehead atoms. The van der Waals surface area contributed by atoms with Gasteiger partial charge >= 0.3 is 0 Å². The molecule has 1 aromatic carbocycles. The number of rotatable bonds is 7. The zero-order valence-electron chi connectivity index (χ0n) is 20.9. The van der Waals surface area contributed by atoms with Crippen molar-refractivity contribution in [1.82, 2.24) is 24.3 Å². The van der Waals surface area contributed by atoms with Crippen LogP contribution in [0.15, 0.2) is 30.5 Å². The number of benzene rings is 1. The van der Waals surface area contributed by atoms with E-state index < -0.39 is 6.10 Å². The first-order valence-corrected chi connectivity index (χ1v) is 12.2. The van der Waals surface area contributed by atoms with Crippen LogP contribution in [0.4, 0.5) is 5.95 Å². The molecule has 5 rings (SSSR count). The van der Waals surface area contributed by atoms with Gasteiger partial charge in [-0.2, -0.15) is 4.98 Å². The number of fused-ring (bicyclic) bond motifs is 1. The minimum Gasteiger partial charge on any atom is -0.389 e. The Labute approximate surface area is 205 Å². The summed E-state index contributed by atoms with van der Waals surface area (Å²) < 4.78 is 7.28. The van der Waals surface area contributed by atoms with Gasteiger partial charge in [-0.25, -0.2) is 4.98 Å². The molecular formula is C26H34N6O3. The van der Waals surface area contributed by atoms with Gasteiger partial charge < -0.3 is 25.0 Å². The quantitative estimate of drug-likeness (QED) is 0.539. The molecule has 2 aliphatic rings. The van der Waals surface area contributed by atoms with Crippen molar-refractivity contribution < 1.29 is 14.6 Å². The van der Waals surface area contributed by atoms with Gasteiger partial charge in [0.05, 0.1) is 18.8 Å². The number of amides is 1. The second-order valence-electron chi connectivity index (χ2n) is 10.1. The zero-order chi connectivity index (χ0) is 24.7. The van der Waals surface area contributed by atoms with E-state index in [2.05, 4.69) is 47.5 Å². The minimum absolute atomic E-state index is 0.0947. The molecule has 1 saturated heterocycles. The summed E-state index contributed by atoms with van der Waals surface area (Å²) in [5.74, 6) is 0.905. The van der Waals surface area contributed by atoms with E-state index in [-0.39, 0.29) is 11.9 Å². The minimum atomic E-state index is -0.619. The number of ether oxygens (including phenoxy) is 1. The van der Waals surface area contributed by atoms with E-state index in [1.54, 1.807) is 25.2 Å². The van der Waals surface area contributed by atoms with E-state index in [4.69, 9.17) is 9.72 Å². The van der Waals surface area contributed by atoms with Crippen molar-refractivity contribution in [3.63, 3.8) is 0 Å². The first-order chi connectivity index (χ1) is 16.8. The predicted octanol–water partition coefficient (Wildman–Crippen LogP) is 2.62. The van der Waals surface area contributed by atoms with Gasteiger partial charge in [0, 0.05) is 44.5 Å². The number of aliphatic hydroxyl groups is 1. The molecule has 9 nitrogen and oxygen atoms in total. The second-order valence-corrected chi connectivity index (χ2v) is 10.1. The first-order valence-electron chi connectivity index (χ1n) is 12.2. The van der Waals surface area contributed by atoms with Crippen LogP contribution in [0.25, 0.3) is 16.7 Å². The molecule has 1 aliphatic heterocycles. The summed E-state index contributed by atoms with van der Waals surface area (Å²) in [7, 11) is 7.67. The van der Waals surface area contributed by atoms with Crippen molar-refractivity contribution in [2.45, 2.75) is 43.9 Å². The molecule has 1 saturated carbocycles. The number of carbonyl (C=O) groups is 1. The maximum absolute atomic E-state index is 13.2. The summed E-state index contributed by atoms with van der Waals surface area (Å²) in [5.41, 5.74) is 4.80. The third kappa shape index (κ3) is 4.89. The van der Waals surface area contributed by atoms with Crippen LogP contribution in [-0.4, -0.2) is 88.9 Å².